The highest BCUT2D eigenvalue weighted by atomic mass is 35.5. The van der Waals surface area contributed by atoms with Gasteiger partial charge in [0.2, 0.25) is 0 Å². The number of piperazine rings is 1. The highest BCUT2D eigenvalue weighted by Crippen LogP contribution is 2.44. The number of rotatable bonds is 7. The zero-order chi connectivity index (χ0) is 22.8. The second-order valence-electron chi connectivity index (χ2n) is 10.3. The van der Waals surface area contributed by atoms with Crippen molar-refractivity contribution in [2.75, 3.05) is 57.8 Å². The molecule has 2 heterocycles. The molecular weight excluding hydrogens is 430 g/mol. The lowest BCUT2D eigenvalue weighted by molar-refractivity contribution is 0.0898. The van der Waals surface area contributed by atoms with Crippen LogP contribution in [0.2, 0.25) is 5.02 Å². The lowest BCUT2D eigenvalue weighted by Gasteiger charge is -2.42. The fraction of sp³-hybridized carbons (Fsp3) is 0.571. The Labute approximate surface area is 204 Å². The molecule has 0 atom stereocenters. The average molecular weight is 468 g/mol. The minimum atomic E-state index is 0.763. The number of hydrogen-bond acceptors (Lipinski definition) is 4. The Morgan fingerprint density at radius 2 is 1.64 bits per heavy atom. The normalized spacial score (nSPS) is 24.2. The minimum Gasteiger partial charge on any atom is -0.496 e. The van der Waals surface area contributed by atoms with Crippen molar-refractivity contribution in [2.24, 2.45) is 5.92 Å². The molecule has 5 heteroatoms. The molecule has 3 aliphatic rings. The summed E-state index contributed by atoms with van der Waals surface area (Å²) >= 11 is 6.21. The summed E-state index contributed by atoms with van der Waals surface area (Å²) < 4.78 is 5.53. The highest BCUT2D eigenvalue weighted by molar-refractivity contribution is 6.30. The Morgan fingerprint density at radius 1 is 0.909 bits per heavy atom. The molecule has 3 fully saturated rings. The molecule has 2 aromatic rings. The third-order valence-corrected chi connectivity index (χ3v) is 8.25. The van der Waals surface area contributed by atoms with Gasteiger partial charge < -0.3 is 14.5 Å². The summed E-state index contributed by atoms with van der Waals surface area (Å²) in [4.78, 5) is 7.75. The van der Waals surface area contributed by atoms with E-state index in [9.17, 15) is 0 Å². The zero-order valence-electron chi connectivity index (χ0n) is 20.2. The largest absolute Gasteiger partial charge is 0.496 e. The molecular formula is C28H38ClN3O. The molecule has 0 amide bonds. The van der Waals surface area contributed by atoms with Crippen molar-refractivity contribution in [1.82, 2.24) is 9.80 Å². The Morgan fingerprint density at radius 3 is 2.33 bits per heavy atom. The maximum Gasteiger partial charge on any atom is 0.123 e. The van der Waals surface area contributed by atoms with Gasteiger partial charge in [-0.25, -0.2) is 0 Å². The van der Waals surface area contributed by atoms with Gasteiger partial charge in [0.05, 0.1) is 7.11 Å². The quantitative estimate of drug-likeness (QED) is 0.529. The van der Waals surface area contributed by atoms with Crippen LogP contribution in [0, 0.1) is 12.8 Å². The van der Waals surface area contributed by atoms with Crippen molar-refractivity contribution in [3.05, 3.63) is 58.1 Å². The van der Waals surface area contributed by atoms with Crippen molar-refractivity contribution < 1.29 is 4.74 Å². The Kier molecular flexibility index (Phi) is 7.15. The molecule has 0 N–H and O–H groups in total. The van der Waals surface area contributed by atoms with Crippen LogP contribution in [0.15, 0.2) is 36.4 Å². The van der Waals surface area contributed by atoms with Gasteiger partial charge in [0.25, 0.3) is 0 Å². The maximum absolute atomic E-state index is 6.21. The van der Waals surface area contributed by atoms with Crippen LogP contribution in [0.1, 0.15) is 48.3 Å². The summed E-state index contributed by atoms with van der Waals surface area (Å²) in [5.74, 6) is 2.55. The molecule has 178 valence electrons. The lowest BCUT2D eigenvalue weighted by atomic mass is 9.70. The summed E-state index contributed by atoms with van der Waals surface area (Å²) in [7, 11) is 1.74. The van der Waals surface area contributed by atoms with Gasteiger partial charge in [-0.1, -0.05) is 17.7 Å². The number of hydrogen-bond donors (Lipinski definition) is 0. The second-order valence-corrected chi connectivity index (χ2v) is 10.7. The number of benzene rings is 2. The van der Waals surface area contributed by atoms with Crippen LogP contribution in [0.25, 0.3) is 0 Å². The third kappa shape index (κ3) is 5.34. The smallest absolute Gasteiger partial charge is 0.123 e. The van der Waals surface area contributed by atoms with Gasteiger partial charge in [-0.3, -0.25) is 4.90 Å². The predicted octanol–water partition coefficient (Wildman–Crippen LogP) is 5.57. The van der Waals surface area contributed by atoms with E-state index < -0.39 is 0 Å². The fourth-order valence-electron chi connectivity index (χ4n) is 6.04. The monoisotopic (exact) mass is 467 g/mol. The average Bonchev–Trinajstić information content (AvgIpc) is 3.33. The number of anilines is 1. The first-order chi connectivity index (χ1) is 16.1. The number of nitrogens with zero attached hydrogens (tertiary/aromatic N) is 3. The number of ether oxygens (including phenoxy) is 1. The molecule has 2 saturated heterocycles. The topological polar surface area (TPSA) is 19.0 Å². The fourth-order valence-corrected chi connectivity index (χ4v) is 6.23. The summed E-state index contributed by atoms with van der Waals surface area (Å²) in [6.07, 6.45) is 5.38. The number of halogens is 1. The van der Waals surface area contributed by atoms with Crippen molar-refractivity contribution in [3.63, 3.8) is 0 Å². The van der Waals surface area contributed by atoms with E-state index in [1.165, 1.54) is 62.1 Å². The number of aryl methyl sites for hydroxylation is 1. The summed E-state index contributed by atoms with van der Waals surface area (Å²) in [5, 5.41) is 0.782. The van der Waals surface area contributed by atoms with Gasteiger partial charge in [-0.05, 0) is 85.9 Å². The van der Waals surface area contributed by atoms with Gasteiger partial charge in [0.1, 0.15) is 5.75 Å². The summed E-state index contributed by atoms with van der Waals surface area (Å²) in [6, 6.07) is 13.1. The molecule has 33 heavy (non-hydrogen) atoms. The predicted molar refractivity (Wildman–Crippen MR) is 138 cm³/mol. The van der Waals surface area contributed by atoms with E-state index in [4.69, 9.17) is 16.3 Å². The summed E-state index contributed by atoms with van der Waals surface area (Å²) in [5.41, 5.74) is 5.70. The maximum atomic E-state index is 6.21. The molecule has 0 spiro atoms. The van der Waals surface area contributed by atoms with Crippen LogP contribution in [-0.4, -0.2) is 62.7 Å². The van der Waals surface area contributed by atoms with Gasteiger partial charge in [-0.2, -0.15) is 0 Å². The minimum absolute atomic E-state index is 0.763. The van der Waals surface area contributed by atoms with E-state index in [-0.39, 0.29) is 0 Å². The molecule has 5 rings (SSSR count). The van der Waals surface area contributed by atoms with Gasteiger partial charge >= 0.3 is 0 Å². The SMILES string of the molecule is COc1ccc(Cl)cc1CN1CCN(C[C@H]2C[C@H](c3ccc(N4CCCC4)cc3C)C2)CC1. The van der Waals surface area contributed by atoms with Gasteiger partial charge in [0.15, 0.2) is 0 Å². The Hall–Kier alpha value is -1.75. The molecule has 1 saturated carbocycles. The lowest BCUT2D eigenvalue weighted by Crippen LogP contribution is -2.48. The van der Waals surface area contributed by atoms with Crippen LogP contribution >= 0.6 is 11.6 Å². The van der Waals surface area contributed by atoms with Crippen molar-refractivity contribution in [1.29, 1.82) is 0 Å². The van der Waals surface area contributed by atoms with Crippen LogP contribution < -0.4 is 9.64 Å². The van der Waals surface area contributed by atoms with Crippen LogP contribution in [0.4, 0.5) is 5.69 Å². The Balaban J connectivity index is 1.07. The molecule has 0 radical (unpaired) electrons. The molecule has 1 aliphatic carbocycles. The second kappa shape index (κ2) is 10.2. The van der Waals surface area contributed by atoms with E-state index in [1.807, 2.05) is 18.2 Å². The van der Waals surface area contributed by atoms with Crippen molar-refractivity contribution in [3.8, 4) is 5.75 Å². The zero-order valence-corrected chi connectivity index (χ0v) is 21.0. The van der Waals surface area contributed by atoms with Crippen molar-refractivity contribution >= 4 is 17.3 Å². The van der Waals surface area contributed by atoms with Crippen molar-refractivity contribution in [2.45, 2.75) is 45.1 Å². The molecule has 0 bridgehead atoms. The molecule has 2 aliphatic heterocycles. The van der Waals surface area contributed by atoms with E-state index in [0.717, 1.165) is 55.3 Å². The van der Waals surface area contributed by atoms with E-state index in [0.29, 0.717) is 0 Å². The highest BCUT2D eigenvalue weighted by Gasteiger charge is 2.33. The van der Waals surface area contributed by atoms with Crippen LogP contribution in [0.5, 0.6) is 5.75 Å². The van der Waals surface area contributed by atoms with Crippen LogP contribution in [0.3, 0.4) is 0 Å². The first kappa shape index (κ1) is 23.0. The van der Waals surface area contributed by atoms with E-state index in [1.54, 1.807) is 12.7 Å². The van der Waals surface area contributed by atoms with Crippen LogP contribution in [-0.2, 0) is 6.54 Å². The molecule has 0 aromatic heterocycles. The van der Waals surface area contributed by atoms with E-state index in [2.05, 4.69) is 39.8 Å². The molecule has 2 aromatic carbocycles. The first-order valence-corrected chi connectivity index (χ1v) is 13.1. The molecule has 0 unspecified atom stereocenters. The first-order valence-electron chi connectivity index (χ1n) is 12.7. The standard InChI is InChI=1S/C28H38ClN3O/c1-21-15-26(32-9-3-4-10-32)6-7-27(21)23-16-22(17-23)19-30-11-13-31(14-12-30)20-24-18-25(29)5-8-28(24)33-2/h5-8,15,18,22-23H,3-4,9-14,16-17,19-20H2,1-2H3/t22-,23-. The molecule has 4 nitrogen and oxygen atoms in total. The van der Waals surface area contributed by atoms with Gasteiger partial charge in [0, 0.05) is 68.6 Å². The Bertz CT molecular complexity index is 944. The van der Waals surface area contributed by atoms with E-state index >= 15 is 0 Å². The third-order valence-electron chi connectivity index (χ3n) is 8.02. The summed E-state index contributed by atoms with van der Waals surface area (Å²) in [6.45, 7) is 11.5. The van der Waals surface area contributed by atoms with Gasteiger partial charge in [-0.15, -0.1) is 0 Å². The number of methoxy groups -OCH3 is 1.